The van der Waals surface area contributed by atoms with Gasteiger partial charge in [-0.2, -0.15) is 23.5 Å². The highest BCUT2D eigenvalue weighted by molar-refractivity contribution is 8.06. The molecule has 0 radical (unpaired) electrons. The molecule has 0 aliphatic carbocycles. The van der Waals surface area contributed by atoms with E-state index in [1.165, 1.54) is 17.3 Å². The van der Waals surface area contributed by atoms with Crippen LogP contribution in [-0.4, -0.2) is 43.8 Å². The van der Waals surface area contributed by atoms with Crippen LogP contribution >= 0.6 is 23.5 Å². The van der Waals surface area contributed by atoms with Crippen molar-refractivity contribution in [3.05, 3.63) is 11.6 Å². The molecule has 1 aliphatic heterocycles. The van der Waals surface area contributed by atoms with Crippen LogP contribution in [0.1, 0.15) is 11.6 Å². The van der Waals surface area contributed by atoms with Crippen LogP contribution in [0.15, 0.2) is 0 Å². The number of hydrogen-bond donors (Lipinski definition) is 1. The van der Waals surface area contributed by atoms with E-state index >= 15 is 0 Å². The summed E-state index contributed by atoms with van der Waals surface area (Å²) in [5.74, 6) is 5.87. The molecule has 4 nitrogen and oxygen atoms in total. The first kappa shape index (κ1) is 12.3. The molecule has 1 N–H and O–H groups in total. The molecule has 1 fully saturated rings. The minimum Gasteiger partial charge on any atom is -0.317 e. The second-order valence-electron chi connectivity index (χ2n) is 3.92. The van der Waals surface area contributed by atoms with Crippen molar-refractivity contribution in [1.29, 1.82) is 0 Å². The molecule has 0 bridgehead atoms. The zero-order valence-electron chi connectivity index (χ0n) is 9.77. The average Bonchev–Trinajstić information content (AvgIpc) is 2.62. The highest BCUT2D eigenvalue weighted by Gasteiger charge is 2.14. The summed E-state index contributed by atoms with van der Waals surface area (Å²) < 4.78 is 2.04. The predicted octanol–water partition coefficient (Wildman–Crippen LogP) is 1.06. The van der Waals surface area contributed by atoms with Gasteiger partial charge in [-0.1, -0.05) is 0 Å². The Morgan fingerprint density at radius 1 is 1.44 bits per heavy atom. The average molecular weight is 258 g/mol. The van der Waals surface area contributed by atoms with E-state index in [0.717, 1.165) is 30.0 Å². The Morgan fingerprint density at radius 3 is 2.94 bits per heavy atom. The van der Waals surface area contributed by atoms with E-state index in [-0.39, 0.29) is 0 Å². The zero-order valence-corrected chi connectivity index (χ0v) is 11.4. The Balaban J connectivity index is 1.73. The monoisotopic (exact) mass is 258 g/mol. The molecule has 0 aromatic carbocycles. The molecule has 90 valence electrons. The quantitative estimate of drug-likeness (QED) is 0.875. The number of rotatable bonds is 4. The van der Waals surface area contributed by atoms with Gasteiger partial charge in [0.2, 0.25) is 0 Å². The molecular weight excluding hydrogens is 240 g/mol. The molecule has 2 rings (SSSR count). The minimum atomic E-state index is 0.757. The van der Waals surface area contributed by atoms with Crippen molar-refractivity contribution in [1.82, 2.24) is 20.1 Å². The maximum Gasteiger partial charge on any atom is 0.146 e. The summed E-state index contributed by atoms with van der Waals surface area (Å²) in [5.41, 5.74) is 0. The third kappa shape index (κ3) is 3.15. The lowest BCUT2D eigenvalue weighted by atomic mass is 10.4. The van der Waals surface area contributed by atoms with E-state index in [2.05, 4.69) is 39.0 Å². The third-order valence-corrected chi connectivity index (χ3v) is 5.57. The lowest BCUT2D eigenvalue weighted by Gasteiger charge is -2.21. The van der Waals surface area contributed by atoms with E-state index in [1.54, 1.807) is 0 Å². The van der Waals surface area contributed by atoms with Crippen LogP contribution in [0.5, 0.6) is 0 Å². The van der Waals surface area contributed by atoms with Gasteiger partial charge in [0.05, 0.1) is 6.54 Å². The Morgan fingerprint density at radius 2 is 2.31 bits per heavy atom. The van der Waals surface area contributed by atoms with Gasteiger partial charge in [0.25, 0.3) is 0 Å². The highest BCUT2D eigenvalue weighted by atomic mass is 32.2. The molecule has 1 atom stereocenters. The van der Waals surface area contributed by atoms with Crippen molar-refractivity contribution in [3.8, 4) is 0 Å². The fourth-order valence-electron chi connectivity index (χ4n) is 1.60. The normalized spacial score (nSPS) is 21.2. The number of thioether (sulfide) groups is 2. The van der Waals surface area contributed by atoms with E-state index in [1.807, 2.05) is 18.5 Å². The van der Waals surface area contributed by atoms with Crippen LogP contribution < -0.4 is 5.32 Å². The first-order valence-electron chi connectivity index (χ1n) is 5.52. The lowest BCUT2D eigenvalue weighted by molar-refractivity contribution is 0.633. The van der Waals surface area contributed by atoms with Gasteiger partial charge in [0, 0.05) is 36.1 Å². The highest BCUT2D eigenvalue weighted by Crippen LogP contribution is 2.23. The minimum absolute atomic E-state index is 0.757. The molecule has 1 aliphatic rings. The summed E-state index contributed by atoms with van der Waals surface area (Å²) in [5, 5.41) is 12.4. The van der Waals surface area contributed by atoms with Gasteiger partial charge in [0.15, 0.2) is 0 Å². The summed E-state index contributed by atoms with van der Waals surface area (Å²) >= 11 is 4.14. The molecule has 0 spiro atoms. The molecule has 1 aromatic rings. The second kappa shape index (κ2) is 5.93. The summed E-state index contributed by atoms with van der Waals surface area (Å²) in [6, 6.07) is 0. The topological polar surface area (TPSA) is 42.7 Å². The molecule has 1 unspecified atom stereocenters. The van der Waals surface area contributed by atoms with Crippen LogP contribution in [0.4, 0.5) is 0 Å². The number of aryl methyl sites for hydroxylation is 1. The first-order chi connectivity index (χ1) is 7.77. The molecule has 0 saturated carbocycles. The summed E-state index contributed by atoms with van der Waals surface area (Å²) in [7, 11) is 2.01. The first-order valence-corrected chi connectivity index (χ1v) is 7.72. The Bertz CT molecular complexity index is 334. The predicted molar refractivity (Wildman–Crippen MR) is 71.0 cm³/mol. The maximum absolute atomic E-state index is 4.14. The van der Waals surface area contributed by atoms with E-state index < -0.39 is 0 Å². The number of nitrogens with one attached hydrogen (secondary N) is 1. The Hall–Kier alpha value is -0.200. The summed E-state index contributed by atoms with van der Waals surface area (Å²) in [4.78, 5) is 0. The van der Waals surface area contributed by atoms with Crippen molar-refractivity contribution in [2.24, 2.45) is 7.05 Å². The van der Waals surface area contributed by atoms with Gasteiger partial charge < -0.3 is 9.88 Å². The fourth-order valence-corrected chi connectivity index (χ4v) is 4.25. The van der Waals surface area contributed by atoms with E-state index in [4.69, 9.17) is 0 Å². The van der Waals surface area contributed by atoms with Crippen molar-refractivity contribution < 1.29 is 0 Å². The van der Waals surface area contributed by atoms with Crippen LogP contribution in [0, 0.1) is 6.92 Å². The largest absolute Gasteiger partial charge is 0.317 e. The number of nitrogens with zero attached hydrogens (tertiary/aromatic N) is 3. The SMILES string of the molecule is Cc1nnc(CNCC2CSCCS2)n1C. The second-order valence-corrected chi connectivity index (χ2v) is 6.48. The molecule has 2 heterocycles. The molecule has 1 aromatic heterocycles. The smallest absolute Gasteiger partial charge is 0.146 e. The van der Waals surface area contributed by atoms with Crippen LogP contribution in [0.3, 0.4) is 0 Å². The number of hydrogen-bond acceptors (Lipinski definition) is 5. The van der Waals surface area contributed by atoms with Crippen LogP contribution in [-0.2, 0) is 13.6 Å². The van der Waals surface area contributed by atoms with Crippen molar-refractivity contribution in [3.63, 3.8) is 0 Å². The molecular formula is C10H18N4S2. The summed E-state index contributed by atoms with van der Waals surface area (Å²) in [6.07, 6.45) is 0. The maximum atomic E-state index is 4.14. The van der Waals surface area contributed by atoms with Crippen molar-refractivity contribution >= 4 is 23.5 Å². The van der Waals surface area contributed by atoms with Gasteiger partial charge in [-0.3, -0.25) is 0 Å². The van der Waals surface area contributed by atoms with Gasteiger partial charge in [-0.15, -0.1) is 10.2 Å². The fraction of sp³-hybridized carbons (Fsp3) is 0.800. The van der Waals surface area contributed by atoms with Gasteiger partial charge in [-0.05, 0) is 6.92 Å². The van der Waals surface area contributed by atoms with Gasteiger partial charge in [0.1, 0.15) is 11.6 Å². The van der Waals surface area contributed by atoms with Crippen molar-refractivity contribution in [2.45, 2.75) is 18.7 Å². The molecule has 6 heteroatoms. The van der Waals surface area contributed by atoms with E-state index in [0.29, 0.717) is 0 Å². The van der Waals surface area contributed by atoms with Crippen LogP contribution in [0.2, 0.25) is 0 Å². The molecule has 1 saturated heterocycles. The Labute approximate surface area is 105 Å². The van der Waals surface area contributed by atoms with Crippen molar-refractivity contribution in [2.75, 3.05) is 23.8 Å². The van der Waals surface area contributed by atoms with Gasteiger partial charge in [-0.25, -0.2) is 0 Å². The zero-order chi connectivity index (χ0) is 11.4. The molecule has 0 amide bonds. The van der Waals surface area contributed by atoms with Gasteiger partial charge >= 0.3 is 0 Å². The molecule has 16 heavy (non-hydrogen) atoms. The van der Waals surface area contributed by atoms with Crippen LogP contribution in [0.25, 0.3) is 0 Å². The Kier molecular flexibility index (Phi) is 4.55. The third-order valence-electron chi connectivity index (χ3n) is 2.72. The number of aromatic nitrogens is 3. The van der Waals surface area contributed by atoms with E-state index in [9.17, 15) is 0 Å². The standard InChI is InChI=1S/C10H18N4S2/c1-8-12-13-10(14(8)2)6-11-5-9-7-15-3-4-16-9/h9,11H,3-7H2,1-2H3. The lowest BCUT2D eigenvalue weighted by Crippen LogP contribution is -2.29. The summed E-state index contributed by atoms with van der Waals surface area (Å²) in [6.45, 7) is 3.87.